The van der Waals surface area contributed by atoms with Gasteiger partial charge >= 0.3 is 0 Å². The van der Waals surface area contributed by atoms with Crippen LogP contribution in [0.3, 0.4) is 0 Å². The van der Waals surface area contributed by atoms with Gasteiger partial charge in [0, 0.05) is 17.5 Å². The molecule has 0 bridgehead atoms. The first-order valence-corrected chi connectivity index (χ1v) is 7.63. The van der Waals surface area contributed by atoms with Gasteiger partial charge in [0.25, 0.3) is 0 Å². The highest BCUT2D eigenvalue weighted by atomic mass is 32.1. The monoisotopic (exact) mass is 278 g/mol. The number of hydrogen-bond acceptors (Lipinski definition) is 4. The van der Waals surface area contributed by atoms with Crippen LogP contribution in [0.4, 0.5) is 0 Å². The molecule has 1 fully saturated rings. The maximum atomic E-state index is 12.6. The molecule has 2 aliphatic rings. The summed E-state index contributed by atoms with van der Waals surface area (Å²) in [5, 5.41) is 3.07. The number of thiazole rings is 1. The Labute approximate surface area is 117 Å². The van der Waals surface area contributed by atoms with Gasteiger partial charge in [-0.05, 0) is 26.2 Å². The first-order chi connectivity index (χ1) is 9.25. The first kappa shape index (κ1) is 12.8. The lowest BCUT2D eigenvalue weighted by Crippen LogP contribution is -2.44. The van der Waals surface area contributed by atoms with Crippen LogP contribution in [0.2, 0.25) is 0 Å². The number of carbonyl (C=O) groups is 1. The normalized spacial score (nSPS) is 23.5. The molecule has 0 radical (unpaired) electrons. The van der Waals surface area contributed by atoms with Gasteiger partial charge < -0.3 is 9.64 Å². The van der Waals surface area contributed by atoms with Crippen LogP contribution in [0, 0.1) is 6.92 Å². The van der Waals surface area contributed by atoms with Crippen LogP contribution in [0.25, 0.3) is 0 Å². The van der Waals surface area contributed by atoms with Gasteiger partial charge in [0.15, 0.2) is 0 Å². The van der Waals surface area contributed by atoms with Gasteiger partial charge in [-0.15, -0.1) is 11.3 Å². The molecule has 0 N–H and O–H groups in total. The summed E-state index contributed by atoms with van der Waals surface area (Å²) in [4.78, 5) is 19.0. The van der Waals surface area contributed by atoms with Crippen LogP contribution in [-0.4, -0.2) is 35.5 Å². The molecule has 1 aromatic heterocycles. The van der Waals surface area contributed by atoms with E-state index in [-0.39, 0.29) is 11.9 Å². The number of amides is 1. The summed E-state index contributed by atoms with van der Waals surface area (Å²) < 4.78 is 5.54. The predicted molar refractivity (Wildman–Crippen MR) is 74.1 cm³/mol. The van der Waals surface area contributed by atoms with Crippen molar-refractivity contribution >= 4 is 17.2 Å². The molecule has 1 aromatic rings. The summed E-state index contributed by atoms with van der Waals surface area (Å²) in [5.74, 6) is 0.177. The molecule has 1 aliphatic carbocycles. The smallest absolute Gasteiger partial charge is 0.250 e. The standard InChI is InChI=1S/C14H18N2O2S/c1-10-15-12(9-19-10)13-8-18-7-6-16(13)14(17)11-4-2-3-5-11/h4,9,13H,2-3,5-8H2,1H3/t13-/m1/s1. The Hall–Kier alpha value is -1.20. The van der Waals surface area contributed by atoms with Crippen molar-refractivity contribution in [3.8, 4) is 0 Å². The third-order valence-corrected chi connectivity index (χ3v) is 4.47. The van der Waals surface area contributed by atoms with E-state index in [0.29, 0.717) is 19.8 Å². The molecule has 0 unspecified atom stereocenters. The zero-order valence-corrected chi connectivity index (χ0v) is 11.9. The number of rotatable bonds is 2. The largest absolute Gasteiger partial charge is 0.377 e. The molecule has 102 valence electrons. The van der Waals surface area contributed by atoms with E-state index in [9.17, 15) is 4.79 Å². The second-order valence-corrected chi connectivity index (χ2v) is 6.06. The zero-order chi connectivity index (χ0) is 13.2. The number of ether oxygens (including phenoxy) is 1. The molecule has 1 saturated heterocycles. The van der Waals surface area contributed by atoms with Crippen LogP contribution in [0.15, 0.2) is 17.0 Å². The van der Waals surface area contributed by atoms with Gasteiger partial charge in [0.1, 0.15) is 0 Å². The lowest BCUT2D eigenvalue weighted by molar-refractivity contribution is -0.136. The molecule has 19 heavy (non-hydrogen) atoms. The Bertz CT molecular complexity index is 509. The highest BCUT2D eigenvalue weighted by Gasteiger charge is 2.32. The molecule has 4 nitrogen and oxygen atoms in total. The maximum absolute atomic E-state index is 12.6. The molecule has 1 aliphatic heterocycles. The quantitative estimate of drug-likeness (QED) is 0.834. The van der Waals surface area contributed by atoms with E-state index >= 15 is 0 Å². The van der Waals surface area contributed by atoms with Crippen molar-refractivity contribution in [2.24, 2.45) is 0 Å². The SMILES string of the molecule is Cc1nc([C@H]2COCCN2C(=O)C2=CCCC2)cs1. The molecular formula is C14H18N2O2S. The number of aryl methyl sites for hydroxylation is 1. The minimum absolute atomic E-state index is 0.0206. The number of allylic oxidation sites excluding steroid dienone is 1. The Balaban J connectivity index is 1.82. The van der Waals surface area contributed by atoms with E-state index in [0.717, 1.165) is 35.5 Å². The van der Waals surface area contributed by atoms with Crippen molar-refractivity contribution in [2.45, 2.75) is 32.2 Å². The predicted octanol–water partition coefficient (Wildman–Crippen LogP) is 2.46. The number of morpholine rings is 1. The molecule has 0 saturated carbocycles. The fourth-order valence-corrected chi connectivity index (χ4v) is 3.33. The molecule has 5 heteroatoms. The molecular weight excluding hydrogens is 260 g/mol. The van der Waals surface area contributed by atoms with Crippen molar-refractivity contribution < 1.29 is 9.53 Å². The lowest BCUT2D eigenvalue weighted by atomic mass is 10.1. The van der Waals surface area contributed by atoms with Crippen LogP contribution in [0.5, 0.6) is 0 Å². The highest BCUT2D eigenvalue weighted by molar-refractivity contribution is 7.09. The van der Waals surface area contributed by atoms with E-state index in [1.807, 2.05) is 17.2 Å². The first-order valence-electron chi connectivity index (χ1n) is 6.75. The topological polar surface area (TPSA) is 42.4 Å². The Morgan fingerprint density at radius 1 is 1.58 bits per heavy atom. The molecule has 1 amide bonds. The van der Waals surface area contributed by atoms with Crippen molar-refractivity contribution in [2.75, 3.05) is 19.8 Å². The summed E-state index contributed by atoms with van der Waals surface area (Å²) >= 11 is 1.62. The van der Waals surface area contributed by atoms with Crippen molar-refractivity contribution in [1.29, 1.82) is 0 Å². The molecule has 0 aromatic carbocycles. The Kier molecular flexibility index (Phi) is 3.66. The molecule has 3 rings (SSSR count). The summed E-state index contributed by atoms with van der Waals surface area (Å²) in [6.45, 7) is 3.84. The van der Waals surface area contributed by atoms with Crippen LogP contribution < -0.4 is 0 Å². The van der Waals surface area contributed by atoms with E-state index in [1.54, 1.807) is 11.3 Å². The Morgan fingerprint density at radius 3 is 3.16 bits per heavy atom. The summed E-state index contributed by atoms with van der Waals surface area (Å²) in [7, 11) is 0. The van der Waals surface area contributed by atoms with Gasteiger partial charge in [-0.3, -0.25) is 4.79 Å². The minimum atomic E-state index is -0.0206. The van der Waals surface area contributed by atoms with Gasteiger partial charge in [-0.1, -0.05) is 6.08 Å². The molecule has 2 heterocycles. The average molecular weight is 278 g/mol. The fourth-order valence-electron chi connectivity index (χ4n) is 2.67. The minimum Gasteiger partial charge on any atom is -0.377 e. The Morgan fingerprint density at radius 2 is 2.47 bits per heavy atom. The van der Waals surface area contributed by atoms with Crippen molar-refractivity contribution in [1.82, 2.24) is 9.88 Å². The summed E-state index contributed by atoms with van der Waals surface area (Å²) in [5.41, 5.74) is 1.94. The van der Waals surface area contributed by atoms with Gasteiger partial charge in [0.2, 0.25) is 5.91 Å². The molecule has 0 spiro atoms. The van der Waals surface area contributed by atoms with Crippen molar-refractivity contribution in [3.63, 3.8) is 0 Å². The highest BCUT2D eigenvalue weighted by Crippen LogP contribution is 2.29. The number of hydrogen-bond donors (Lipinski definition) is 0. The summed E-state index contributed by atoms with van der Waals surface area (Å²) in [6.07, 6.45) is 5.14. The third kappa shape index (κ3) is 2.58. The van der Waals surface area contributed by atoms with Gasteiger partial charge in [0.05, 0.1) is 30.0 Å². The average Bonchev–Trinajstić information content (AvgIpc) is 3.09. The number of aromatic nitrogens is 1. The second kappa shape index (κ2) is 5.43. The van der Waals surface area contributed by atoms with E-state index < -0.39 is 0 Å². The third-order valence-electron chi connectivity index (χ3n) is 3.68. The zero-order valence-electron chi connectivity index (χ0n) is 11.1. The van der Waals surface area contributed by atoms with Gasteiger partial charge in [-0.25, -0.2) is 4.98 Å². The van der Waals surface area contributed by atoms with E-state index in [2.05, 4.69) is 11.1 Å². The number of nitrogens with zero attached hydrogens (tertiary/aromatic N) is 2. The summed E-state index contributed by atoms with van der Waals surface area (Å²) in [6, 6.07) is -0.0206. The van der Waals surface area contributed by atoms with Gasteiger partial charge in [-0.2, -0.15) is 0 Å². The van der Waals surface area contributed by atoms with Crippen LogP contribution in [0.1, 0.15) is 36.0 Å². The van der Waals surface area contributed by atoms with E-state index in [4.69, 9.17) is 4.74 Å². The maximum Gasteiger partial charge on any atom is 0.250 e. The van der Waals surface area contributed by atoms with Crippen molar-refractivity contribution in [3.05, 3.63) is 27.7 Å². The number of carbonyl (C=O) groups excluding carboxylic acids is 1. The van der Waals surface area contributed by atoms with E-state index in [1.165, 1.54) is 0 Å². The van der Waals surface area contributed by atoms with Crippen LogP contribution >= 0.6 is 11.3 Å². The molecule has 1 atom stereocenters. The lowest BCUT2D eigenvalue weighted by Gasteiger charge is -2.35. The second-order valence-electron chi connectivity index (χ2n) is 5.00. The fraction of sp³-hybridized carbons (Fsp3) is 0.571. The van der Waals surface area contributed by atoms with Crippen LogP contribution in [-0.2, 0) is 9.53 Å².